The van der Waals surface area contributed by atoms with Crippen molar-refractivity contribution in [3.8, 4) is 11.5 Å². The van der Waals surface area contributed by atoms with Crippen LogP contribution in [0.15, 0.2) is 18.2 Å². The van der Waals surface area contributed by atoms with Gasteiger partial charge in [0.1, 0.15) is 0 Å². The van der Waals surface area contributed by atoms with Crippen LogP contribution in [0.5, 0.6) is 11.5 Å². The minimum atomic E-state index is -0.499. The summed E-state index contributed by atoms with van der Waals surface area (Å²) in [5, 5.41) is 10.6. The Morgan fingerprint density at radius 1 is 1.00 bits per heavy atom. The van der Waals surface area contributed by atoms with Crippen LogP contribution in [0, 0.1) is 0 Å². The number of aliphatic hydroxyl groups is 1. The zero-order chi connectivity index (χ0) is 17.6. The van der Waals surface area contributed by atoms with Gasteiger partial charge in [-0.1, -0.05) is 25.3 Å². The first-order chi connectivity index (χ1) is 12.2. The molecule has 0 unspecified atom stereocenters. The van der Waals surface area contributed by atoms with E-state index in [1.807, 2.05) is 18.2 Å². The topological polar surface area (TPSA) is 45.2 Å². The van der Waals surface area contributed by atoms with Gasteiger partial charge >= 0.3 is 0 Å². The average Bonchev–Trinajstić information content (AvgIpc) is 2.68. The summed E-state index contributed by atoms with van der Waals surface area (Å²) >= 11 is 0. The molecule has 3 rings (SSSR count). The highest BCUT2D eigenvalue weighted by atomic mass is 16.5. The van der Waals surface area contributed by atoms with Crippen LogP contribution < -0.4 is 9.47 Å². The predicted octanol–water partition coefficient (Wildman–Crippen LogP) is 2.69. The number of benzene rings is 1. The van der Waals surface area contributed by atoms with E-state index in [0.29, 0.717) is 18.0 Å². The Morgan fingerprint density at radius 2 is 1.68 bits per heavy atom. The second kappa shape index (κ2) is 8.88. The summed E-state index contributed by atoms with van der Waals surface area (Å²) in [6, 6.07) is 6.46. The maximum absolute atomic E-state index is 10.6. The summed E-state index contributed by atoms with van der Waals surface area (Å²) in [6.45, 7) is 5.02. The van der Waals surface area contributed by atoms with E-state index in [1.165, 1.54) is 32.1 Å². The van der Waals surface area contributed by atoms with Gasteiger partial charge in [-0.25, -0.2) is 0 Å². The molecule has 1 N–H and O–H groups in total. The predicted molar refractivity (Wildman–Crippen MR) is 99.4 cm³/mol. The molecular weight excluding hydrogens is 316 g/mol. The molecule has 2 aliphatic rings. The van der Waals surface area contributed by atoms with E-state index in [0.717, 1.165) is 37.8 Å². The van der Waals surface area contributed by atoms with Gasteiger partial charge in [-0.15, -0.1) is 0 Å². The minimum Gasteiger partial charge on any atom is -0.493 e. The summed E-state index contributed by atoms with van der Waals surface area (Å²) in [7, 11) is 3.25. The lowest BCUT2D eigenvalue weighted by molar-refractivity contribution is 0.0474. The van der Waals surface area contributed by atoms with E-state index in [2.05, 4.69) is 9.80 Å². The Morgan fingerprint density at radius 3 is 2.32 bits per heavy atom. The molecule has 1 atom stereocenters. The Balaban J connectivity index is 1.51. The van der Waals surface area contributed by atoms with Crippen molar-refractivity contribution in [1.82, 2.24) is 9.80 Å². The van der Waals surface area contributed by atoms with E-state index in [9.17, 15) is 5.11 Å². The summed E-state index contributed by atoms with van der Waals surface area (Å²) in [4.78, 5) is 5.04. The van der Waals surface area contributed by atoms with Crippen molar-refractivity contribution in [2.24, 2.45) is 0 Å². The number of aliphatic hydroxyl groups excluding tert-OH is 1. The molecule has 0 bridgehead atoms. The lowest BCUT2D eigenvalue weighted by atomic mass is 9.94. The normalized spacial score (nSPS) is 21.9. The Kier molecular flexibility index (Phi) is 6.57. The van der Waals surface area contributed by atoms with E-state index in [-0.39, 0.29) is 0 Å². The molecule has 1 aliphatic carbocycles. The van der Waals surface area contributed by atoms with Crippen LogP contribution in [-0.4, -0.2) is 67.9 Å². The van der Waals surface area contributed by atoms with Crippen LogP contribution in [0.1, 0.15) is 43.8 Å². The molecule has 0 aromatic heterocycles. The zero-order valence-electron chi connectivity index (χ0n) is 15.6. The van der Waals surface area contributed by atoms with Gasteiger partial charge in [0.25, 0.3) is 0 Å². The Hall–Kier alpha value is -1.30. The molecule has 140 valence electrons. The van der Waals surface area contributed by atoms with Crippen LogP contribution in [0.25, 0.3) is 0 Å². The van der Waals surface area contributed by atoms with Crippen molar-refractivity contribution in [2.75, 3.05) is 46.9 Å². The average molecular weight is 348 g/mol. The summed E-state index contributed by atoms with van der Waals surface area (Å²) in [6.07, 6.45) is 6.43. The second-order valence-electron chi connectivity index (χ2n) is 7.26. The summed E-state index contributed by atoms with van der Waals surface area (Å²) in [5.41, 5.74) is 0.882. The number of ether oxygens (including phenoxy) is 2. The van der Waals surface area contributed by atoms with Crippen molar-refractivity contribution in [3.63, 3.8) is 0 Å². The van der Waals surface area contributed by atoms with Crippen LogP contribution in [0.4, 0.5) is 0 Å². The van der Waals surface area contributed by atoms with Gasteiger partial charge in [-0.3, -0.25) is 9.80 Å². The van der Waals surface area contributed by atoms with Gasteiger partial charge in [0.2, 0.25) is 0 Å². The van der Waals surface area contributed by atoms with Gasteiger partial charge in [0.15, 0.2) is 11.5 Å². The molecule has 0 amide bonds. The van der Waals surface area contributed by atoms with Crippen LogP contribution in [-0.2, 0) is 0 Å². The highest BCUT2D eigenvalue weighted by molar-refractivity contribution is 5.43. The van der Waals surface area contributed by atoms with Crippen molar-refractivity contribution < 1.29 is 14.6 Å². The third-order valence-corrected chi connectivity index (χ3v) is 5.72. The fourth-order valence-corrected chi connectivity index (χ4v) is 4.17. The zero-order valence-corrected chi connectivity index (χ0v) is 15.6. The smallest absolute Gasteiger partial charge is 0.161 e. The number of rotatable bonds is 6. The van der Waals surface area contributed by atoms with Gasteiger partial charge in [0, 0.05) is 38.8 Å². The van der Waals surface area contributed by atoms with Crippen molar-refractivity contribution >= 4 is 0 Å². The molecule has 25 heavy (non-hydrogen) atoms. The molecule has 0 spiro atoms. The van der Waals surface area contributed by atoms with Gasteiger partial charge in [-0.05, 0) is 30.5 Å². The first-order valence-electron chi connectivity index (χ1n) is 9.57. The fraction of sp³-hybridized carbons (Fsp3) is 0.700. The van der Waals surface area contributed by atoms with E-state index in [1.54, 1.807) is 14.2 Å². The molecule has 1 saturated carbocycles. The molecule has 2 fully saturated rings. The molecule has 1 aliphatic heterocycles. The van der Waals surface area contributed by atoms with Crippen molar-refractivity contribution in [1.29, 1.82) is 0 Å². The number of hydrogen-bond donors (Lipinski definition) is 1. The van der Waals surface area contributed by atoms with E-state index >= 15 is 0 Å². The Labute approximate surface area is 151 Å². The Bertz CT molecular complexity index is 538. The van der Waals surface area contributed by atoms with E-state index in [4.69, 9.17) is 9.47 Å². The molecule has 0 radical (unpaired) electrons. The SMILES string of the molecule is COc1ccc([C@@H](O)CN2CCN(C3CCCCC3)CC2)cc1OC. The van der Waals surface area contributed by atoms with Crippen LogP contribution in [0.3, 0.4) is 0 Å². The number of piperazine rings is 1. The summed E-state index contributed by atoms with van der Waals surface area (Å²) < 4.78 is 10.6. The first kappa shape index (κ1) is 18.5. The number of nitrogens with zero attached hydrogens (tertiary/aromatic N) is 2. The molecule has 5 nitrogen and oxygen atoms in total. The van der Waals surface area contributed by atoms with Crippen molar-refractivity contribution in [3.05, 3.63) is 23.8 Å². The molecule has 1 saturated heterocycles. The van der Waals surface area contributed by atoms with Gasteiger partial charge in [0.05, 0.1) is 20.3 Å². The van der Waals surface area contributed by atoms with Crippen LogP contribution in [0.2, 0.25) is 0 Å². The highest BCUT2D eigenvalue weighted by Gasteiger charge is 2.26. The van der Waals surface area contributed by atoms with Gasteiger partial charge in [-0.2, -0.15) is 0 Å². The number of methoxy groups -OCH3 is 2. The summed E-state index contributed by atoms with van der Waals surface area (Å²) in [5.74, 6) is 1.36. The number of hydrogen-bond acceptors (Lipinski definition) is 5. The van der Waals surface area contributed by atoms with Crippen molar-refractivity contribution in [2.45, 2.75) is 44.2 Å². The maximum atomic E-state index is 10.6. The fourth-order valence-electron chi connectivity index (χ4n) is 4.17. The molecule has 1 heterocycles. The third-order valence-electron chi connectivity index (χ3n) is 5.72. The first-order valence-corrected chi connectivity index (χ1v) is 9.57. The largest absolute Gasteiger partial charge is 0.493 e. The lowest BCUT2D eigenvalue weighted by Crippen LogP contribution is -2.51. The van der Waals surface area contributed by atoms with Crippen LogP contribution >= 0.6 is 0 Å². The van der Waals surface area contributed by atoms with Gasteiger partial charge < -0.3 is 14.6 Å². The lowest BCUT2D eigenvalue weighted by Gasteiger charge is -2.41. The molecular formula is C20H32N2O3. The standard InChI is InChI=1S/C20H32N2O3/c1-24-19-9-8-16(14-20(19)25-2)18(23)15-21-10-12-22(13-11-21)17-6-4-3-5-7-17/h8-9,14,17-18,23H,3-7,10-13,15H2,1-2H3/t18-/m0/s1. The monoisotopic (exact) mass is 348 g/mol. The minimum absolute atomic E-state index is 0.499. The van der Waals surface area contributed by atoms with E-state index < -0.39 is 6.10 Å². The highest BCUT2D eigenvalue weighted by Crippen LogP contribution is 2.30. The quantitative estimate of drug-likeness (QED) is 0.856. The number of β-amino-alcohol motifs (C(OH)–C–C–N with tert-alkyl or cyclic N) is 1. The second-order valence-corrected chi connectivity index (χ2v) is 7.26. The molecule has 1 aromatic carbocycles. The maximum Gasteiger partial charge on any atom is 0.161 e. The molecule has 5 heteroatoms. The molecule has 1 aromatic rings. The third kappa shape index (κ3) is 4.66.